The molecule has 0 bridgehead atoms. The summed E-state index contributed by atoms with van der Waals surface area (Å²) >= 11 is 0. The highest BCUT2D eigenvalue weighted by Gasteiger charge is 2.15. The van der Waals surface area contributed by atoms with Crippen molar-refractivity contribution in [3.05, 3.63) is 29.8 Å². The van der Waals surface area contributed by atoms with E-state index in [0.717, 1.165) is 31.7 Å². The van der Waals surface area contributed by atoms with E-state index in [1.54, 1.807) is 0 Å². The Morgan fingerprint density at radius 2 is 2.53 bits per heavy atom. The van der Waals surface area contributed by atoms with Crippen LogP contribution in [0.3, 0.4) is 0 Å². The number of nitrogens with one attached hydrogen (secondary N) is 1. The van der Waals surface area contributed by atoms with E-state index in [0.29, 0.717) is 6.04 Å². The number of aromatic nitrogens is 1. The topological polar surface area (TPSA) is 28.2 Å². The Kier molecular flexibility index (Phi) is 3.28. The number of piperazine rings is 1. The molecule has 82 valence electrons. The zero-order valence-corrected chi connectivity index (χ0v) is 8.91. The van der Waals surface area contributed by atoms with Gasteiger partial charge in [-0.25, -0.2) is 4.98 Å². The lowest BCUT2D eigenvalue weighted by Crippen LogP contribution is -2.48. The second-order valence-corrected chi connectivity index (χ2v) is 4.08. The van der Waals surface area contributed by atoms with E-state index in [-0.39, 0.29) is 0 Å². The summed E-state index contributed by atoms with van der Waals surface area (Å²) in [7, 11) is 0. The Labute approximate surface area is 89.3 Å². The number of rotatable bonds is 2. The number of hydrogen-bond donors (Lipinski definition) is 1. The van der Waals surface area contributed by atoms with Crippen LogP contribution in [-0.2, 0) is 6.54 Å². The maximum absolute atomic E-state index is 12.9. The molecule has 0 amide bonds. The van der Waals surface area contributed by atoms with Crippen LogP contribution in [0, 0.1) is 5.95 Å². The van der Waals surface area contributed by atoms with Crippen LogP contribution in [0.15, 0.2) is 18.3 Å². The summed E-state index contributed by atoms with van der Waals surface area (Å²) in [5, 5.41) is 3.38. The van der Waals surface area contributed by atoms with Crippen LogP contribution in [0.1, 0.15) is 12.5 Å². The third-order valence-corrected chi connectivity index (χ3v) is 2.65. The van der Waals surface area contributed by atoms with Crippen molar-refractivity contribution in [1.29, 1.82) is 0 Å². The lowest BCUT2D eigenvalue weighted by atomic mass is 10.2. The summed E-state index contributed by atoms with van der Waals surface area (Å²) in [6, 6.07) is 3.90. The molecule has 0 aliphatic carbocycles. The number of hydrogen-bond acceptors (Lipinski definition) is 3. The number of halogens is 1. The molecule has 2 rings (SSSR count). The third kappa shape index (κ3) is 2.97. The van der Waals surface area contributed by atoms with Gasteiger partial charge in [-0.05, 0) is 24.6 Å². The zero-order chi connectivity index (χ0) is 10.7. The highest BCUT2D eigenvalue weighted by Crippen LogP contribution is 2.07. The van der Waals surface area contributed by atoms with E-state index in [2.05, 4.69) is 22.1 Å². The fourth-order valence-electron chi connectivity index (χ4n) is 1.95. The van der Waals surface area contributed by atoms with Gasteiger partial charge in [-0.15, -0.1) is 0 Å². The molecule has 0 spiro atoms. The number of nitrogens with zero attached hydrogens (tertiary/aromatic N) is 2. The molecule has 1 fully saturated rings. The highest BCUT2D eigenvalue weighted by molar-refractivity contribution is 5.10. The summed E-state index contributed by atoms with van der Waals surface area (Å²) in [5.41, 5.74) is 0.997. The smallest absolute Gasteiger partial charge is 0.213 e. The Morgan fingerprint density at radius 1 is 1.67 bits per heavy atom. The van der Waals surface area contributed by atoms with Crippen LogP contribution >= 0.6 is 0 Å². The van der Waals surface area contributed by atoms with Crippen molar-refractivity contribution in [3.63, 3.8) is 0 Å². The normalized spacial score (nSPS) is 22.9. The van der Waals surface area contributed by atoms with E-state index >= 15 is 0 Å². The van der Waals surface area contributed by atoms with E-state index in [9.17, 15) is 4.39 Å². The van der Waals surface area contributed by atoms with Gasteiger partial charge in [-0.2, -0.15) is 4.39 Å². The van der Waals surface area contributed by atoms with Crippen LogP contribution in [0.25, 0.3) is 0 Å². The first-order valence-electron chi connectivity index (χ1n) is 5.30. The van der Waals surface area contributed by atoms with Gasteiger partial charge in [0.15, 0.2) is 0 Å². The third-order valence-electron chi connectivity index (χ3n) is 2.65. The van der Waals surface area contributed by atoms with Crippen molar-refractivity contribution in [1.82, 2.24) is 15.2 Å². The predicted molar refractivity (Wildman–Crippen MR) is 56.9 cm³/mol. The average molecular weight is 209 g/mol. The van der Waals surface area contributed by atoms with Crippen molar-refractivity contribution in [2.24, 2.45) is 0 Å². The molecule has 0 saturated carbocycles. The predicted octanol–water partition coefficient (Wildman–Crippen LogP) is 1.01. The van der Waals surface area contributed by atoms with E-state index in [4.69, 9.17) is 0 Å². The molecule has 1 atom stereocenters. The molecule has 1 N–H and O–H groups in total. The molecule has 4 heteroatoms. The van der Waals surface area contributed by atoms with E-state index in [1.807, 2.05) is 6.07 Å². The van der Waals surface area contributed by atoms with Gasteiger partial charge in [-0.1, -0.05) is 0 Å². The fraction of sp³-hybridized carbons (Fsp3) is 0.545. The minimum atomic E-state index is -0.393. The van der Waals surface area contributed by atoms with Gasteiger partial charge >= 0.3 is 0 Å². The zero-order valence-electron chi connectivity index (χ0n) is 8.91. The molecule has 2 heterocycles. The first kappa shape index (κ1) is 10.5. The Morgan fingerprint density at radius 3 is 3.27 bits per heavy atom. The Bertz CT molecular complexity index is 329. The van der Waals surface area contributed by atoms with Gasteiger partial charge < -0.3 is 5.32 Å². The molecule has 1 aromatic heterocycles. The molecule has 15 heavy (non-hydrogen) atoms. The number of pyridine rings is 1. The minimum absolute atomic E-state index is 0.393. The van der Waals surface area contributed by atoms with E-state index in [1.165, 1.54) is 12.3 Å². The van der Waals surface area contributed by atoms with Crippen molar-refractivity contribution in [2.45, 2.75) is 19.5 Å². The molecular formula is C11H16FN3. The van der Waals surface area contributed by atoms with Crippen LogP contribution in [0.2, 0.25) is 0 Å². The second kappa shape index (κ2) is 4.68. The quantitative estimate of drug-likeness (QED) is 0.737. The summed E-state index contributed by atoms with van der Waals surface area (Å²) in [4.78, 5) is 5.88. The maximum Gasteiger partial charge on any atom is 0.213 e. The van der Waals surface area contributed by atoms with Crippen LogP contribution < -0.4 is 5.32 Å². The van der Waals surface area contributed by atoms with Crippen molar-refractivity contribution in [2.75, 3.05) is 19.6 Å². The first-order chi connectivity index (χ1) is 7.24. The molecule has 1 saturated heterocycles. The van der Waals surface area contributed by atoms with Crippen LogP contribution in [-0.4, -0.2) is 35.6 Å². The Balaban J connectivity index is 1.96. The average Bonchev–Trinajstić information content (AvgIpc) is 2.17. The highest BCUT2D eigenvalue weighted by atomic mass is 19.1. The lowest BCUT2D eigenvalue weighted by Gasteiger charge is -2.31. The summed E-state index contributed by atoms with van der Waals surface area (Å²) in [5.74, 6) is -0.393. The van der Waals surface area contributed by atoms with Gasteiger partial charge in [-0.3, -0.25) is 4.90 Å². The van der Waals surface area contributed by atoms with Gasteiger partial charge in [0, 0.05) is 38.4 Å². The summed E-state index contributed by atoms with van der Waals surface area (Å²) in [6.07, 6.45) is 1.52. The minimum Gasteiger partial charge on any atom is -0.312 e. The monoisotopic (exact) mass is 209 g/mol. The van der Waals surface area contributed by atoms with Gasteiger partial charge in [0.25, 0.3) is 0 Å². The standard InChI is InChI=1S/C11H16FN3/c1-9-7-15(5-4-13-9)8-10-2-3-14-11(12)6-10/h2-3,6,9,13H,4-5,7-8H2,1H3. The molecule has 1 aromatic rings. The molecule has 1 aliphatic rings. The van der Waals surface area contributed by atoms with Crippen LogP contribution in [0.5, 0.6) is 0 Å². The van der Waals surface area contributed by atoms with Gasteiger partial charge in [0.05, 0.1) is 0 Å². The fourth-order valence-corrected chi connectivity index (χ4v) is 1.95. The molecule has 1 unspecified atom stereocenters. The summed E-state index contributed by atoms with van der Waals surface area (Å²) < 4.78 is 12.9. The second-order valence-electron chi connectivity index (χ2n) is 4.08. The molecule has 3 nitrogen and oxygen atoms in total. The molecule has 1 aliphatic heterocycles. The van der Waals surface area contributed by atoms with E-state index < -0.39 is 5.95 Å². The van der Waals surface area contributed by atoms with Gasteiger partial charge in [0.2, 0.25) is 5.95 Å². The van der Waals surface area contributed by atoms with Crippen molar-refractivity contribution in [3.8, 4) is 0 Å². The maximum atomic E-state index is 12.9. The Hall–Kier alpha value is -1.00. The van der Waals surface area contributed by atoms with Crippen LogP contribution in [0.4, 0.5) is 4.39 Å². The molecule has 0 radical (unpaired) electrons. The molecular weight excluding hydrogens is 193 g/mol. The lowest BCUT2D eigenvalue weighted by molar-refractivity contribution is 0.199. The largest absolute Gasteiger partial charge is 0.312 e. The first-order valence-corrected chi connectivity index (χ1v) is 5.30. The van der Waals surface area contributed by atoms with Gasteiger partial charge in [0.1, 0.15) is 0 Å². The SMILES string of the molecule is CC1CN(Cc2ccnc(F)c2)CCN1. The summed E-state index contributed by atoms with van der Waals surface area (Å²) in [6.45, 7) is 6.03. The van der Waals surface area contributed by atoms with Crippen molar-refractivity contribution < 1.29 is 4.39 Å². The van der Waals surface area contributed by atoms with Crippen molar-refractivity contribution >= 4 is 0 Å². The molecule has 0 aromatic carbocycles.